The van der Waals surface area contributed by atoms with E-state index in [2.05, 4.69) is 20.5 Å². The van der Waals surface area contributed by atoms with Gasteiger partial charge in [-0.3, -0.25) is 0 Å². The van der Waals surface area contributed by atoms with Crippen molar-refractivity contribution in [2.45, 2.75) is 0 Å². The molecule has 0 saturated heterocycles. The number of phenols is 3. The Hall–Kier alpha value is -5.05. The van der Waals surface area contributed by atoms with Gasteiger partial charge in [-0.25, -0.2) is 4.79 Å². The molecule has 0 amide bonds. The number of benzene rings is 4. The third-order valence-electron chi connectivity index (χ3n) is 4.80. The zero-order chi connectivity index (χ0) is 24.1. The molecule has 4 rings (SSSR count). The van der Waals surface area contributed by atoms with E-state index in [1.54, 1.807) is 30.3 Å². The molecule has 4 aromatic carbocycles. The molecule has 0 spiro atoms. The van der Waals surface area contributed by atoms with Crippen LogP contribution in [-0.2, 0) is 0 Å². The largest absolute Gasteiger partial charge is 0.507 e. The minimum Gasteiger partial charge on any atom is -0.507 e. The SMILES string of the molecule is O=C(O)c1cc(N=Nc2ccc(-c3ccc(N=Nc4ccc(O)c(O)c4)cc3)cc2)ccc1O. The molecule has 0 aliphatic heterocycles. The fourth-order valence-electron chi connectivity index (χ4n) is 3.00. The average Bonchev–Trinajstić information content (AvgIpc) is 2.85. The lowest BCUT2D eigenvalue weighted by atomic mass is 10.1. The Labute approximate surface area is 193 Å². The van der Waals surface area contributed by atoms with Crippen molar-refractivity contribution < 1.29 is 25.2 Å². The summed E-state index contributed by atoms with van der Waals surface area (Å²) in [5.74, 6) is -2.06. The summed E-state index contributed by atoms with van der Waals surface area (Å²) in [4.78, 5) is 11.1. The normalized spacial score (nSPS) is 11.3. The number of aromatic hydroxyl groups is 3. The van der Waals surface area contributed by atoms with E-state index in [9.17, 15) is 20.1 Å². The van der Waals surface area contributed by atoms with Gasteiger partial charge in [0.25, 0.3) is 0 Å². The molecule has 0 aliphatic carbocycles. The van der Waals surface area contributed by atoms with E-state index in [0.29, 0.717) is 22.7 Å². The highest BCUT2D eigenvalue weighted by Gasteiger charge is 2.10. The van der Waals surface area contributed by atoms with Gasteiger partial charge in [-0.1, -0.05) is 24.3 Å². The van der Waals surface area contributed by atoms with Crippen molar-refractivity contribution in [3.05, 3.63) is 90.5 Å². The standard InChI is InChI=1S/C25H18N4O5/c30-22-11-9-19(13-21(22)25(33)34)28-26-17-5-1-15(2-6-17)16-3-7-18(8-4-16)27-29-20-10-12-23(31)24(32)14-20/h1-14,30-32H,(H,33,34). The molecule has 4 N–H and O–H groups in total. The Morgan fingerprint density at radius 3 is 1.38 bits per heavy atom. The molecule has 0 aromatic heterocycles. The maximum absolute atomic E-state index is 11.1. The van der Waals surface area contributed by atoms with Crippen LogP contribution in [0.25, 0.3) is 11.1 Å². The summed E-state index contributed by atoms with van der Waals surface area (Å²) in [5.41, 5.74) is 3.59. The van der Waals surface area contributed by atoms with Crippen LogP contribution < -0.4 is 0 Å². The minimum atomic E-state index is -1.24. The van der Waals surface area contributed by atoms with Gasteiger partial charge in [0.2, 0.25) is 0 Å². The highest BCUT2D eigenvalue weighted by atomic mass is 16.4. The van der Waals surface area contributed by atoms with E-state index in [1.165, 1.54) is 30.3 Å². The number of aromatic carboxylic acids is 1. The van der Waals surface area contributed by atoms with Gasteiger partial charge in [0.15, 0.2) is 11.5 Å². The Bertz CT molecular complexity index is 1400. The molecule has 9 nitrogen and oxygen atoms in total. The average molecular weight is 454 g/mol. The van der Waals surface area contributed by atoms with Crippen molar-refractivity contribution >= 4 is 28.7 Å². The van der Waals surface area contributed by atoms with Crippen LogP contribution in [0.15, 0.2) is 105 Å². The molecule has 9 heteroatoms. The molecule has 0 unspecified atom stereocenters. The smallest absolute Gasteiger partial charge is 0.339 e. The number of hydrogen-bond acceptors (Lipinski definition) is 8. The topological polar surface area (TPSA) is 147 Å². The zero-order valence-electron chi connectivity index (χ0n) is 17.6. The first-order valence-electron chi connectivity index (χ1n) is 10.0. The van der Waals surface area contributed by atoms with E-state index in [0.717, 1.165) is 11.1 Å². The van der Waals surface area contributed by atoms with Gasteiger partial charge in [0, 0.05) is 6.07 Å². The number of carboxylic acid groups (broad SMARTS) is 1. The van der Waals surface area contributed by atoms with E-state index in [4.69, 9.17) is 5.11 Å². The monoisotopic (exact) mass is 454 g/mol. The number of azo groups is 2. The van der Waals surface area contributed by atoms with Crippen LogP contribution in [0.2, 0.25) is 0 Å². The molecule has 4 aromatic rings. The summed E-state index contributed by atoms with van der Waals surface area (Å²) in [7, 11) is 0. The van der Waals surface area contributed by atoms with Gasteiger partial charge >= 0.3 is 5.97 Å². The third kappa shape index (κ3) is 5.22. The predicted molar refractivity (Wildman–Crippen MR) is 125 cm³/mol. The second-order valence-electron chi connectivity index (χ2n) is 7.17. The van der Waals surface area contributed by atoms with Gasteiger partial charge in [0.05, 0.1) is 22.7 Å². The molecule has 0 bridgehead atoms. The summed E-state index contributed by atoms with van der Waals surface area (Å²) in [5, 5.41) is 53.8. The fraction of sp³-hybridized carbons (Fsp3) is 0. The molecule has 0 radical (unpaired) electrons. The summed E-state index contributed by atoms with van der Waals surface area (Å²) in [6, 6.07) is 22.9. The van der Waals surface area contributed by atoms with Crippen LogP contribution in [0, 0.1) is 0 Å². The lowest BCUT2D eigenvalue weighted by Crippen LogP contribution is -1.95. The molecule has 168 valence electrons. The van der Waals surface area contributed by atoms with Crippen molar-refractivity contribution in [2.75, 3.05) is 0 Å². The van der Waals surface area contributed by atoms with Crippen LogP contribution in [0.5, 0.6) is 17.2 Å². The second kappa shape index (κ2) is 9.61. The van der Waals surface area contributed by atoms with Crippen LogP contribution in [0.1, 0.15) is 10.4 Å². The first-order valence-corrected chi connectivity index (χ1v) is 10.0. The summed E-state index contributed by atoms with van der Waals surface area (Å²) < 4.78 is 0. The Kier molecular flexibility index (Phi) is 6.26. The molecule has 0 heterocycles. The molecule has 0 atom stereocenters. The number of carboxylic acids is 1. The Morgan fingerprint density at radius 2 is 0.912 bits per heavy atom. The molecular weight excluding hydrogens is 436 g/mol. The predicted octanol–water partition coefficient (Wildman–Crippen LogP) is 7.00. The number of nitrogens with zero attached hydrogens (tertiary/aromatic N) is 4. The molecule has 34 heavy (non-hydrogen) atoms. The number of carbonyl (C=O) groups is 1. The third-order valence-corrected chi connectivity index (χ3v) is 4.80. The van der Waals surface area contributed by atoms with Crippen molar-refractivity contribution in [3.63, 3.8) is 0 Å². The number of phenolic OH excluding ortho intramolecular Hbond substituents is 2. The van der Waals surface area contributed by atoms with E-state index < -0.39 is 5.97 Å². The van der Waals surface area contributed by atoms with E-state index >= 15 is 0 Å². The lowest BCUT2D eigenvalue weighted by molar-refractivity contribution is 0.0693. The van der Waals surface area contributed by atoms with Crippen LogP contribution in [-0.4, -0.2) is 26.4 Å². The van der Waals surface area contributed by atoms with Gasteiger partial charge in [-0.15, -0.1) is 0 Å². The minimum absolute atomic E-state index is 0.219. The van der Waals surface area contributed by atoms with Crippen molar-refractivity contribution in [1.82, 2.24) is 0 Å². The van der Waals surface area contributed by atoms with Crippen molar-refractivity contribution in [1.29, 1.82) is 0 Å². The Morgan fingerprint density at radius 1 is 0.500 bits per heavy atom. The van der Waals surface area contributed by atoms with Gasteiger partial charge in [-0.2, -0.15) is 20.5 Å². The highest BCUT2D eigenvalue weighted by Crippen LogP contribution is 2.31. The number of rotatable bonds is 6. The van der Waals surface area contributed by atoms with Crippen molar-refractivity contribution in [3.8, 4) is 28.4 Å². The highest BCUT2D eigenvalue weighted by molar-refractivity contribution is 5.91. The van der Waals surface area contributed by atoms with Gasteiger partial charge in [-0.05, 0) is 65.7 Å². The van der Waals surface area contributed by atoms with Crippen molar-refractivity contribution in [2.24, 2.45) is 20.5 Å². The summed E-state index contributed by atoms with van der Waals surface area (Å²) >= 11 is 0. The zero-order valence-corrected chi connectivity index (χ0v) is 17.6. The summed E-state index contributed by atoms with van der Waals surface area (Å²) in [6.07, 6.45) is 0. The van der Waals surface area contributed by atoms with Gasteiger partial charge in [0.1, 0.15) is 11.3 Å². The summed E-state index contributed by atoms with van der Waals surface area (Å²) in [6.45, 7) is 0. The van der Waals surface area contributed by atoms with E-state index in [1.807, 2.05) is 24.3 Å². The van der Waals surface area contributed by atoms with Crippen LogP contribution in [0.4, 0.5) is 22.7 Å². The van der Waals surface area contributed by atoms with E-state index in [-0.39, 0.29) is 22.8 Å². The first kappa shape index (κ1) is 22.2. The fourth-order valence-corrected chi connectivity index (χ4v) is 3.00. The van der Waals surface area contributed by atoms with Crippen LogP contribution >= 0.6 is 0 Å². The molecular formula is C25H18N4O5. The van der Waals surface area contributed by atoms with Gasteiger partial charge < -0.3 is 20.4 Å². The lowest BCUT2D eigenvalue weighted by Gasteiger charge is -2.03. The molecule has 0 fully saturated rings. The second-order valence-corrected chi connectivity index (χ2v) is 7.17. The number of hydrogen-bond donors (Lipinski definition) is 4. The maximum Gasteiger partial charge on any atom is 0.339 e. The quantitative estimate of drug-likeness (QED) is 0.183. The maximum atomic E-state index is 11.1. The molecule has 0 aliphatic rings. The first-order chi connectivity index (χ1) is 16.4. The molecule has 0 saturated carbocycles. The van der Waals surface area contributed by atoms with Crippen LogP contribution in [0.3, 0.4) is 0 Å². The Balaban J connectivity index is 1.44.